The number of carbonyl (C=O) groups excluding carboxylic acids is 1. The predicted molar refractivity (Wildman–Crippen MR) is 94.0 cm³/mol. The minimum absolute atomic E-state index is 0.0485. The number of esters is 1. The lowest BCUT2D eigenvalue weighted by Crippen LogP contribution is -2.07. The Morgan fingerprint density at radius 3 is 2.56 bits per heavy atom. The largest absolute Gasteiger partial charge is 0.457 e. The van der Waals surface area contributed by atoms with Crippen LogP contribution in [0.2, 0.25) is 0 Å². The van der Waals surface area contributed by atoms with Crippen LogP contribution in [0.4, 0.5) is 0 Å². The number of benzene rings is 1. The monoisotopic (exact) mass is 355 g/mol. The average molecular weight is 355 g/mol. The molecule has 0 aliphatic rings. The minimum Gasteiger partial charge on any atom is -0.457 e. The third kappa shape index (κ3) is 4.90. The molecule has 2 heterocycles. The standard InChI is InChI=1S/C18H17N3O3S/c1-12-8-13(2)20-18(19-12)25-11-17(22)23-10-15-9-16(21-24-15)14-6-4-3-5-7-14/h3-9H,10-11H2,1-2H3. The first-order valence-corrected chi connectivity index (χ1v) is 8.70. The minimum atomic E-state index is -0.356. The van der Waals surface area contributed by atoms with Gasteiger partial charge in [0.05, 0.1) is 5.75 Å². The molecular formula is C18H17N3O3S. The number of aromatic nitrogens is 3. The highest BCUT2D eigenvalue weighted by atomic mass is 32.2. The van der Waals surface area contributed by atoms with Crippen LogP contribution in [0.1, 0.15) is 17.1 Å². The van der Waals surface area contributed by atoms with Gasteiger partial charge < -0.3 is 9.26 Å². The topological polar surface area (TPSA) is 78.1 Å². The van der Waals surface area contributed by atoms with Crippen LogP contribution < -0.4 is 0 Å². The van der Waals surface area contributed by atoms with Crippen molar-refractivity contribution >= 4 is 17.7 Å². The van der Waals surface area contributed by atoms with Gasteiger partial charge in [-0.2, -0.15) is 0 Å². The molecule has 0 unspecified atom stereocenters. The molecule has 7 heteroatoms. The van der Waals surface area contributed by atoms with Gasteiger partial charge in [0.2, 0.25) is 0 Å². The molecule has 0 saturated heterocycles. The summed E-state index contributed by atoms with van der Waals surface area (Å²) >= 11 is 1.25. The Kier molecular flexibility index (Phi) is 5.45. The second kappa shape index (κ2) is 7.94. The molecule has 0 fully saturated rings. The summed E-state index contributed by atoms with van der Waals surface area (Å²) in [7, 11) is 0. The SMILES string of the molecule is Cc1cc(C)nc(SCC(=O)OCc2cc(-c3ccccc3)no2)n1. The lowest BCUT2D eigenvalue weighted by Gasteiger charge is -2.03. The van der Waals surface area contributed by atoms with Crippen LogP contribution in [0.5, 0.6) is 0 Å². The van der Waals surface area contributed by atoms with E-state index in [1.165, 1.54) is 11.8 Å². The first kappa shape index (κ1) is 17.2. The van der Waals surface area contributed by atoms with E-state index < -0.39 is 0 Å². The first-order valence-electron chi connectivity index (χ1n) is 7.72. The highest BCUT2D eigenvalue weighted by Gasteiger charge is 2.11. The number of rotatable bonds is 6. The molecule has 0 radical (unpaired) electrons. The number of nitrogens with zero attached hydrogens (tertiary/aromatic N) is 3. The Bertz CT molecular complexity index is 845. The maximum absolute atomic E-state index is 11.9. The van der Waals surface area contributed by atoms with Crippen LogP contribution in [0, 0.1) is 13.8 Å². The van der Waals surface area contributed by atoms with Crippen molar-refractivity contribution in [2.24, 2.45) is 0 Å². The van der Waals surface area contributed by atoms with Crippen LogP contribution in [0.25, 0.3) is 11.3 Å². The molecule has 128 valence electrons. The van der Waals surface area contributed by atoms with Crippen molar-refractivity contribution in [2.45, 2.75) is 25.6 Å². The number of carbonyl (C=O) groups is 1. The fraction of sp³-hybridized carbons (Fsp3) is 0.222. The molecular weight excluding hydrogens is 338 g/mol. The van der Waals surface area contributed by atoms with Crippen LogP contribution >= 0.6 is 11.8 Å². The molecule has 0 aliphatic carbocycles. The number of hydrogen-bond donors (Lipinski definition) is 0. The summed E-state index contributed by atoms with van der Waals surface area (Å²) < 4.78 is 10.4. The first-order chi connectivity index (χ1) is 12.1. The van der Waals surface area contributed by atoms with Gasteiger partial charge in [-0.1, -0.05) is 47.3 Å². The Labute approximate surface area is 149 Å². The molecule has 2 aromatic heterocycles. The van der Waals surface area contributed by atoms with Crippen LogP contribution in [-0.2, 0) is 16.1 Å². The highest BCUT2D eigenvalue weighted by Crippen LogP contribution is 2.19. The maximum Gasteiger partial charge on any atom is 0.316 e. The van der Waals surface area contributed by atoms with Crippen molar-refractivity contribution in [1.29, 1.82) is 0 Å². The third-order valence-corrected chi connectivity index (χ3v) is 4.11. The molecule has 1 aromatic carbocycles. The third-order valence-electron chi connectivity index (χ3n) is 3.28. The van der Waals surface area contributed by atoms with Gasteiger partial charge >= 0.3 is 5.97 Å². The second-order valence-electron chi connectivity index (χ2n) is 5.43. The Hall–Kier alpha value is -2.67. The van der Waals surface area contributed by atoms with Gasteiger partial charge in [-0.25, -0.2) is 9.97 Å². The number of thioether (sulfide) groups is 1. The summed E-state index contributed by atoms with van der Waals surface area (Å²) in [5, 5.41) is 4.56. The number of hydrogen-bond acceptors (Lipinski definition) is 7. The molecule has 3 rings (SSSR count). The summed E-state index contributed by atoms with van der Waals surface area (Å²) in [6.07, 6.45) is 0. The van der Waals surface area contributed by atoms with E-state index in [-0.39, 0.29) is 18.3 Å². The Morgan fingerprint density at radius 2 is 1.84 bits per heavy atom. The van der Waals surface area contributed by atoms with Crippen molar-refractivity contribution in [3.63, 3.8) is 0 Å². The molecule has 0 N–H and O–H groups in total. The summed E-state index contributed by atoms with van der Waals surface area (Å²) in [4.78, 5) is 20.4. The van der Waals surface area contributed by atoms with Crippen LogP contribution in [-0.4, -0.2) is 26.8 Å². The van der Waals surface area contributed by atoms with Crippen LogP contribution in [0.3, 0.4) is 0 Å². The molecule has 0 spiro atoms. The summed E-state index contributed by atoms with van der Waals surface area (Å²) in [5.41, 5.74) is 3.41. The van der Waals surface area contributed by atoms with Gasteiger partial charge in [-0.15, -0.1) is 0 Å². The highest BCUT2D eigenvalue weighted by molar-refractivity contribution is 7.99. The van der Waals surface area contributed by atoms with Crippen LogP contribution in [0.15, 0.2) is 52.1 Å². The van der Waals surface area contributed by atoms with Crippen molar-refractivity contribution in [3.8, 4) is 11.3 Å². The maximum atomic E-state index is 11.9. The van der Waals surface area contributed by atoms with Gasteiger partial charge in [0.1, 0.15) is 5.69 Å². The fourth-order valence-corrected chi connectivity index (χ4v) is 2.95. The van der Waals surface area contributed by atoms with Crippen molar-refractivity contribution in [2.75, 3.05) is 5.75 Å². The molecule has 3 aromatic rings. The fourth-order valence-electron chi connectivity index (χ4n) is 2.20. The zero-order chi connectivity index (χ0) is 17.6. The molecule has 25 heavy (non-hydrogen) atoms. The Balaban J connectivity index is 1.50. The number of ether oxygens (including phenoxy) is 1. The normalized spacial score (nSPS) is 10.6. The second-order valence-corrected chi connectivity index (χ2v) is 6.37. The summed E-state index contributed by atoms with van der Waals surface area (Å²) in [6, 6.07) is 13.3. The quantitative estimate of drug-likeness (QED) is 0.380. The van der Waals surface area contributed by atoms with E-state index in [9.17, 15) is 4.79 Å². The van der Waals surface area contributed by atoms with Gasteiger partial charge in [0.25, 0.3) is 0 Å². The van der Waals surface area contributed by atoms with Crippen molar-refractivity contribution in [3.05, 3.63) is 59.6 Å². The lowest BCUT2D eigenvalue weighted by atomic mass is 10.1. The Morgan fingerprint density at radius 1 is 1.12 bits per heavy atom. The van der Waals surface area contributed by atoms with Gasteiger partial charge in [0, 0.05) is 23.0 Å². The van der Waals surface area contributed by atoms with Gasteiger partial charge in [0.15, 0.2) is 17.5 Å². The zero-order valence-electron chi connectivity index (χ0n) is 13.9. The van der Waals surface area contributed by atoms with E-state index in [1.807, 2.05) is 50.2 Å². The smallest absolute Gasteiger partial charge is 0.316 e. The molecule has 0 amide bonds. The van der Waals surface area contributed by atoms with E-state index in [0.717, 1.165) is 17.0 Å². The summed E-state index contributed by atoms with van der Waals surface area (Å²) in [5.74, 6) is 0.285. The van der Waals surface area contributed by atoms with E-state index in [0.29, 0.717) is 16.6 Å². The summed E-state index contributed by atoms with van der Waals surface area (Å²) in [6.45, 7) is 3.84. The van der Waals surface area contributed by atoms with E-state index in [2.05, 4.69) is 15.1 Å². The molecule has 0 atom stereocenters. The van der Waals surface area contributed by atoms with Crippen molar-refractivity contribution in [1.82, 2.24) is 15.1 Å². The van der Waals surface area contributed by atoms with Crippen molar-refractivity contribution < 1.29 is 14.1 Å². The average Bonchev–Trinajstić information content (AvgIpc) is 3.07. The molecule has 0 bridgehead atoms. The molecule has 0 aliphatic heterocycles. The van der Waals surface area contributed by atoms with Gasteiger partial charge in [-0.3, -0.25) is 4.79 Å². The molecule has 6 nitrogen and oxygen atoms in total. The predicted octanol–water partition coefficient (Wildman–Crippen LogP) is 3.58. The van der Waals surface area contributed by atoms with E-state index >= 15 is 0 Å². The zero-order valence-corrected chi connectivity index (χ0v) is 14.7. The van der Waals surface area contributed by atoms with E-state index in [1.54, 1.807) is 6.07 Å². The van der Waals surface area contributed by atoms with E-state index in [4.69, 9.17) is 9.26 Å². The van der Waals surface area contributed by atoms with Gasteiger partial charge in [-0.05, 0) is 19.9 Å². The number of aryl methyl sites for hydroxylation is 2. The molecule has 0 saturated carbocycles. The lowest BCUT2D eigenvalue weighted by molar-refractivity contribution is -0.142.